The number of thiophene rings is 1. The lowest BCUT2D eigenvalue weighted by Crippen LogP contribution is -2.08. The van der Waals surface area contributed by atoms with Crippen LogP contribution in [0.1, 0.15) is 170 Å². The minimum absolute atomic E-state index is 0.286. The summed E-state index contributed by atoms with van der Waals surface area (Å²) in [5.74, 6) is 2.45. The van der Waals surface area contributed by atoms with Crippen molar-refractivity contribution in [1.29, 1.82) is 0 Å². The molecule has 0 aliphatic rings. The molecule has 6 rings (SSSR count). The maximum absolute atomic E-state index is 9.21. The Kier molecular flexibility index (Phi) is 25.4. The van der Waals surface area contributed by atoms with E-state index in [0.717, 1.165) is 42.9 Å². The van der Waals surface area contributed by atoms with E-state index in [9.17, 15) is 5.11 Å². The van der Waals surface area contributed by atoms with E-state index in [0.29, 0.717) is 32.8 Å². The van der Waals surface area contributed by atoms with Crippen molar-refractivity contribution in [3.8, 4) is 5.75 Å². The van der Waals surface area contributed by atoms with Gasteiger partial charge in [-0.2, -0.15) is 0 Å². The van der Waals surface area contributed by atoms with Crippen molar-refractivity contribution in [2.75, 3.05) is 0 Å². The zero-order chi connectivity index (χ0) is 50.2. The van der Waals surface area contributed by atoms with Crippen molar-refractivity contribution in [3.05, 3.63) is 166 Å². The summed E-state index contributed by atoms with van der Waals surface area (Å²) in [6.45, 7) is 42.2. The summed E-state index contributed by atoms with van der Waals surface area (Å²) in [4.78, 5) is 5.53. The predicted octanol–water partition coefficient (Wildman–Crippen LogP) is 18.7. The van der Waals surface area contributed by atoms with Gasteiger partial charge >= 0.3 is 0 Å². The highest BCUT2D eigenvalue weighted by molar-refractivity contribution is 7.09. The van der Waals surface area contributed by atoms with Crippen LogP contribution in [0.25, 0.3) is 0 Å². The first-order chi connectivity index (χ1) is 30.3. The normalized spacial score (nSPS) is 11.7. The smallest absolute Gasteiger partial charge is 0.180 e. The van der Waals surface area contributed by atoms with E-state index < -0.39 is 0 Å². The van der Waals surface area contributed by atoms with Gasteiger partial charge in [-0.15, -0.1) is 11.3 Å². The van der Waals surface area contributed by atoms with Gasteiger partial charge in [0.25, 0.3) is 0 Å². The Bertz CT molecular complexity index is 2020. The van der Waals surface area contributed by atoms with Crippen LogP contribution in [0.4, 0.5) is 0 Å². The lowest BCUT2D eigenvalue weighted by molar-refractivity contribution is 0.357. The van der Waals surface area contributed by atoms with Crippen molar-refractivity contribution in [2.45, 2.75) is 176 Å². The van der Waals surface area contributed by atoms with Crippen LogP contribution in [0.2, 0.25) is 0 Å². The number of nitrogens with zero attached hydrogens (tertiary/aromatic N) is 1. The van der Waals surface area contributed by atoms with Gasteiger partial charge in [0.1, 0.15) is 23.5 Å². The number of hydrogen-bond donors (Lipinski definition) is 1. The second kappa shape index (κ2) is 28.1. The molecule has 0 aliphatic carbocycles. The molecule has 0 fully saturated rings. The molecule has 3 heterocycles. The molecule has 0 unspecified atom stereocenters. The number of aromatic hydroxyl groups is 1. The van der Waals surface area contributed by atoms with E-state index in [4.69, 9.17) is 8.83 Å². The largest absolute Gasteiger partial charge is 0.508 e. The Morgan fingerprint density at radius 3 is 1.39 bits per heavy atom. The fourth-order valence-corrected chi connectivity index (χ4v) is 7.56. The van der Waals surface area contributed by atoms with Crippen LogP contribution in [-0.2, 0) is 38.5 Å². The number of furan rings is 1. The average molecular weight is 920 g/mol. The Hall–Kier alpha value is -4.35. The molecule has 6 aromatic rings. The molecule has 1 N–H and O–H groups in total. The lowest BCUT2D eigenvalue weighted by Gasteiger charge is -2.17. The number of phenolic OH excluding ortho intramolecular Hbond substituents is 1. The average Bonchev–Trinajstić information content (AvgIpc) is 3.94. The number of benzene rings is 3. The number of rotatable bonds is 7. The molecule has 66 heavy (non-hydrogen) atoms. The first kappa shape index (κ1) is 59.7. The van der Waals surface area contributed by atoms with Crippen molar-refractivity contribution < 1.29 is 13.9 Å². The molecule has 366 valence electrons. The molecule has 0 radical (unpaired) electrons. The summed E-state index contributed by atoms with van der Waals surface area (Å²) in [7, 11) is 0. The standard InChI is InChI=1S/C12H18.C11H16O.C11H16.C10H16O.C9H14S.C8H13NO/c1-12(2,3)10-9-11-7-5-4-6-8-11;1-11(2,3)8-9-5-4-6-10(12)7-9;1-11(2,3)9-10-7-5-4-6-8-10;1-8-5-6-9(11-8)7-10(2,3)4;1-9(2,3)7-8-5-4-6-10-8;1-8(2,3)4-7-5-10-6-9-7/h4-8H,9-10H2,1-3H3;4-7,12H,8H2,1-3H3;4-8H,9H2,1-3H3;5-6H,7H2,1-4H3;4-6H,7H2,1-3H3;5-6H,4H2,1-3H3. The van der Waals surface area contributed by atoms with Crippen molar-refractivity contribution in [1.82, 2.24) is 4.98 Å². The molecule has 4 nitrogen and oxygen atoms in total. The van der Waals surface area contributed by atoms with Gasteiger partial charge in [-0.1, -0.05) is 203 Å². The van der Waals surface area contributed by atoms with Gasteiger partial charge in [0.05, 0.1) is 5.69 Å². The monoisotopic (exact) mass is 920 g/mol. The molecule has 0 aliphatic heterocycles. The molecule has 0 spiro atoms. The molecule has 0 amide bonds. The maximum atomic E-state index is 9.21. The Morgan fingerprint density at radius 1 is 0.485 bits per heavy atom. The minimum atomic E-state index is 0.286. The van der Waals surface area contributed by atoms with E-state index in [-0.39, 0.29) is 5.41 Å². The van der Waals surface area contributed by atoms with Gasteiger partial charge in [0.15, 0.2) is 6.39 Å². The van der Waals surface area contributed by atoms with Gasteiger partial charge in [-0.3, -0.25) is 0 Å². The van der Waals surface area contributed by atoms with Gasteiger partial charge in [0.2, 0.25) is 0 Å². The van der Waals surface area contributed by atoms with Crippen LogP contribution in [0.3, 0.4) is 0 Å². The zero-order valence-electron chi connectivity index (χ0n) is 45.2. The molecular weight excluding hydrogens is 827 g/mol. The van der Waals surface area contributed by atoms with Crippen LogP contribution >= 0.6 is 11.3 Å². The number of hydrogen-bond acceptors (Lipinski definition) is 5. The first-order valence-corrected chi connectivity index (χ1v) is 24.9. The Labute approximate surface area is 409 Å². The zero-order valence-corrected chi connectivity index (χ0v) is 46.0. The topological polar surface area (TPSA) is 59.4 Å². The highest BCUT2D eigenvalue weighted by atomic mass is 32.1. The van der Waals surface area contributed by atoms with Gasteiger partial charge in [-0.05, 0) is 130 Å². The Balaban J connectivity index is 0.000000397. The quantitative estimate of drug-likeness (QED) is 0.173. The summed E-state index contributed by atoms with van der Waals surface area (Å²) in [5.41, 5.74) is 7.32. The summed E-state index contributed by atoms with van der Waals surface area (Å²) >= 11 is 1.85. The van der Waals surface area contributed by atoms with Crippen LogP contribution in [0, 0.1) is 39.4 Å². The van der Waals surface area contributed by atoms with E-state index in [1.54, 1.807) is 12.3 Å². The number of aryl methyl sites for hydroxylation is 2. The fraction of sp³-hybridized carbons (Fsp3) is 0.525. The third kappa shape index (κ3) is 35.9. The van der Waals surface area contributed by atoms with Crippen molar-refractivity contribution in [2.24, 2.45) is 32.5 Å². The first-order valence-electron chi connectivity index (χ1n) is 24.1. The summed E-state index contributed by atoms with van der Waals surface area (Å²) in [6, 6.07) is 37.2. The highest BCUT2D eigenvalue weighted by Crippen LogP contribution is 2.25. The molecule has 5 heteroatoms. The molecule has 0 saturated heterocycles. The number of oxazole rings is 1. The van der Waals surface area contributed by atoms with E-state index in [2.05, 4.69) is 214 Å². The molecule has 0 bridgehead atoms. The second-order valence-corrected chi connectivity index (χ2v) is 26.0. The van der Waals surface area contributed by atoms with Gasteiger partial charge in [0, 0.05) is 11.3 Å². The minimum Gasteiger partial charge on any atom is -0.508 e. The van der Waals surface area contributed by atoms with Crippen molar-refractivity contribution in [3.63, 3.8) is 0 Å². The van der Waals surface area contributed by atoms with E-state index >= 15 is 0 Å². The Morgan fingerprint density at radius 2 is 0.985 bits per heavy atom. The maximum Gasteiger partial charge on any atom is 0.180 e. The molecule has 0 atom stereocenters. The summed E-state index contributed by atoms with van der Waals surface area (Å²) in [5, 5.41) is 11.3. The van der Waals surface area contributed by atoms with Crippen LogP contribution < -0.4 is 0 Å². The number of phenols is 1. The summed E-state index contributed by atoms with van der Waals surface area (Å²) < 4.78 is 10.3. The molecular formula is C61H93NO3S. The van der Waals surface area contributed by atoms with Crippen LogP contribution in [-0.4, -0.2) is 10.1 Å². The molecule has 3 aromatic carbocycles. The highest BCUT2D eigenvalue weighted by Gasteiger charge is 2.15. The van der Waals surface area contributed by atoms with E-state index in [1.165, 1.54) is 47.2 Å². The lowest BCUT2D eigenvalue weighted by atomic mass is 9.88. The van der Waals surface area contributed by atoms with Crippen LogP contribution in [0.15, 0.2) is 136 Å². The summed E-state index contributed by atoms with van der Waals surface area (Å²) in [6.07, 6.45) is 11.0. The molecule has 3 aromatic heterocycles. The molecule has 0 saturated carbocycles. The SMILES string of the molecule is CC(C)(C)CCc1ccccc1.CC(C)(C)Cc1cccc(O)c1.CC(C)(C)Cc1ccccc1.CC(C)(C)Cc1cccs1.CC(C)(C)Cc1cocn1.Cc1ccc(CC(C)(C)C)o1. The van der Waals surface area contributed by atoms with Crippen LogP contribution in [0.5, 0.6) is 5.75 Å². The third-order valence-corrected chi connectivity index (χ3v) is 10.1. The predicted molar refractivity (Wildman–Crippen MR) is 289 cm³/mol. The van der Waals surface area contributed by atoms with E-state index in [1.807, 2.05) is 42.5 Å². The second-order valence-electron chi connectivity index (χ2n) is 25.0. The van der Waals surface area contributed by atoms with Crippen molar-refractivity contribution >= 4 is 11.3 Å². The number of aromatic nitrogens is 1. The fourth-order valence-electron chi connectivity index (χ4n) is 6.56. The van der Waals surface area contributed by atoms with Gasteiger partial charge in [-0.25, -0.2) is 4.98 Å². The third-order valence-electron chi connectivity index (χ3n) is 9.21. The van der Waals surface area contributed by atoms with Gasteiger partial charge < -0.3 is 13.9 Å².